The molecule has 0 aliphatic rings. The highest BCUT2D eigenvalue weighted by molar-refractivity contribution is 6.31. The quantitative estimate of drug-likeness (QED) is 0.654. The third-order valence-corrected chi connectivity index (χ3v) is 2.82. The zero-order valence-corrected chi connectivity index (χ0v) is 12.8. The van der Waals surface area contributed by atoms with E-state index in [2.05, 4.69) is 5.32 Å². The summed E-state index contributed by atoms with van der Waals surface area (Å²) in [7, 11) is 0. The van der Waals surface area contributed by atoms with Crippen molar-refractivity contribution in [3.8, 4) is 0 Å². The van der Waals surface area contributed by atoms with Gasteiger partial charge in [0, 0.05) is 17.1 Å². The smallest absolute Gasteiger partial charge is 0.412 e. The van der Waals surface area contributed by atoms with E-state index in [1.807, 2.05) is 6.07 Å². The number of rotatable bonds is 5. The molecular formula is C15H20ClNO3. The SMILES string of the molecule is CC(C)(C)OC(=O)Nc1ccc(CCCC=O)c(Cl)c1. The molecule has 1 aromatic carbocycles. The van der Waals surface area contributed by atoms with E-state index in [4.69, 9.17) is 16.3 Å². The lowest BCUT2D eigenvalue weighted by atomic mass is 10.1. The highest BCUT2D eigenvalue weighted by Gasteiger charge is 2.16. The summed E-state index contributed by atoms with van der Waals surface area (Å²) in [5.41, 5.74) is 1.01. The Morgan fingerprint density at radius 3 is 2.65 bits per heavy atom. The first-order valence-corrected chi connectivity index (χ1v) is 6.91. The van der Waals surface area contributed by atoms with Gasteiger partial charge >= 0.3 is 6.09 Å². The summed E-state index contributed by atoms with van der Waals surface area (Å²) in [6, 6.07) is 5.30. The topological polar surface area (TPSA) is 55.4 Å². The number of carbonyl (C=O) groups is 2. The lowest BCUT2D eigenvalue weighted by Gasteiger charge is -2.19. The van der Waals surface area contributed by atoms with E-state index >= 15 is 0 Å². The van der Waals surface area contributed by atoms with Crippen LogP contribution in [0.5, 0.6) is 0 Å². The first-order chi connectivity index (χ1) is 9.31. The Morgan fingerprint density at radius 2 is 2.10 bits per heavy atom. The standard InChI is InChI=1S/C15H20ClNO3/c1-15(2,3)20-14(19)17-12-8-7-11(13(16)10-12)6-4-5-9-18/h7-10H,4-6H2,1-3H3,(H,17,19). The molecule has 20 heavy (non-hydrogen) atoms. The van der Waals surface area contributed by atoms with Crippen LogP contribution in [0.4, 0.5) is 10.5 Å². The molecule has 0 bridgehead atoms. The molecule has 0 aliphatic heterocycles. The Bertz CT molecular complexity index is 480. The van der Waals surface area contributed by atoms with E-state index < -0.39 is 11.7 Å². The lowest BCUT2D eigenvalue weighted by Crippen LogP contribution is -2.27. The van der Waals surface area contributed by atoms with Crippen LogP contribution in [0.3, 0.4) is 0 Å². The van der Waals surface area contributed by atoms with Gasteiger partial charge in [-0.2, -0.15) is 0 Å². The minimum absolute atomic E-state index is 0.512. The van der Waals surface area contributed by atoms with E-state index in [1.54, 1.807) is 32.9 Å². The molecule has 1 rings (SSSR count). The summed E-state index contributed by atoms with van der Waals surface area (Å²) in [6.07, 6.45) is 2.41. The Morgan fingerprint density at radius 1 is 1.40 bits per heavy atom. The van der Waals surface area contributed by atoms with Gasteiger partial charge in [0.2, 0.25) is 0 Å². The van der Waals surface area contributed by atoms with Gasteiger partial charge in [-0.05, 0) is 51.3 Å². The fraction of sp³-hybridized carbons (Fsp3) is 0.467. The van der Waals surface area contributed by atoms with E-state index in [0.717, 1.165) is 24.7 Å². The predicted octanol–water partition coefficient (Wildman–Crippen LogP) is 4.21. The van der Waals surface area contributed by atoms with Gasteiger partial charge in [0.1, 0.15) is 11.9 Å². The molecule has 4 nitrogen and oxygen atoms in total. The van der Waals surface area contributed by atoms with Crippen molar-refractivity contribution in [2.45, 2.75) is 45.6 Å². The summed E-state index contributed by atoms with van der Waals surface area (Å²) >= 11 is 6.14. The maximum absolute atomic E-state index is 11.6. The van der Waals surface area contributed by atoms with Crippen LogP contribution in [-0.4, -0.2) is 18.0 Å². The Labute approximate surface area is 124 Å². The Balaban J connectivity index is 2.63. The van der Waals surface area contributed by atoms with Gasteiger partial charge in [-0.15, -0.1) is 0 Å². The van der Waals surface area contributed by atoms with E-state index in [0.29, 0.717) is 17.1 Å². The zero-order chi connectivity index (χ0) is 15.2. The molecule has 0 fully saturated rings. The second-order valence-electron chi connectivity index (χ2n) is 5.49. The molecule has 0 saturated carbocycles. The number of unbranched alkanes of at least 4 members (excludes halogenated alkanes) is 1. The van der Waals surface area contributed by atoms with Gasteiger partial charge in [0.15, 0.2) is 0 Å². The molecule has 1 aromatic rings. The van der Waals surface area contributed by atoms with Gasteiger partial charge in [-0.3, -0.25) is 5.32 Å². The zero-order valence-electron chi connectivity index (χ0n) is 12.0. The van der Waals surface area contributed by atoms with Crippen LogP contribution in [0, 0.1) is 0 Å². The number of benzene rings is 1. The minimum Gasteiger partial charge on any atom is -0.444 e. The van der Waals surface area contributed by atoms with Gasteiger partial charge in [-0.25, -0.2) is 4.79 Å². The molecule has 0 saturated heterocycles. The highest BCUT2D eigenvalue weighted by atomic mass is 35.5. The van der Waals surface area contributed by atoms with Crippen molar-refractivity contribution in [3.05, 3.63) is 28.8 Å². The van der Waals surface area contributed by atoms with Crippen molar-refractivity contribution in [1.82, 2.24) is 0 Å². The van der Waals surface area contributed by atoms with E-state index in [9.17, 15) is 9.59 Å². The monoisotopic (exact) mass is 297 g/mol. The fourth-order valence-electron chi connectivity index (χ4n) is 1.63. The summed E-state index contributed by atoms with van der Waals surface area (Å²) < 4.78 is 5.16. The van der Waals surface area contributed by atoms with Crippen molar-refractivity contribution >= 4 is 29.7 Å². The number of hydrogen-bond donors (Lipinski definition) is 1. The van der Waals surface area contributed by atoms with Crippen LogP contribution in [0.25, 0.3) is 0 Å². The van der Waals surface area contributed by atoms with Crippen LogP contribution >= 0.6 is 11.6 Å². The second kappa shape index (κ2) is 7.29. The van der Waals surface area contributed by atoms with Gasteiger partial charge < -0.3 is 9.53 Å². The Kier molecular flexibility index (Phi) is 6.02. The molecule has 0 atom stereocenters. The number of nitrogens with one attached hydrogen (secondary N) is 1. The number of aryl methyl sites for hydroxylation is 1. The maximum Gasteiger partial charge on any atom is 0.412 e. The van der Waals surface area contributed by atoms with Gasteiger partial charge in [-0.1, -0.05) is 17.7 Å². The molecule has 0 radical (unpaired) electrons. The number of anilines is 1. The molecule has 0 spiro atoms. The summed E-state index contributed by atoms with van der Waals surface area (Å²) in [5, 5.41) is 3.21. The summed E-state index contributed by atoms with van der Waals surface area (Å²) in [5.74, 6) is 0. The van der Waals surface area contributed by atoms with E-state index in [1.165, 1.54) is 0 Å². The normalized spacial score (nSPS) is 11.0. The van der Waals surface area contributed by atoms with Crippen LogP contribution < -0.4 is 5.32 Å². The van der Waals surface area contributed by atoms with Crippen LogP contribution in [-0.2, 0) is 16.0 Å². The number of hydrogen-bond acceptors (Lipinski definition) is 3. The fourth-order valence-corrected chi connectivity index (χ4v) is 1.90. The van der Waals surface area contributed by atoms with Crippen molar-refractivity contribution < 1.29 is 14.3 Å². The summed E-state index contributed by atoms with van der Waals surface area (Å²) in [4.78, 5) is 21.9. The number of aldehydes is 1. The van der Waals surface area contributed by atoms with Gasteiger partial charge in [0.25, 0.3) is 0 Å². The molecule has 0 unspecified atom stereocenters. The molecule has 5 heteroatoms. The molecule has 0 heterocycles. The number of ether oxygens (including phenoxy) is 1. The third kappa shape index (κ3) is 6.06. The molecular weight excluding hydrogens is 278 g/mol. The molecule has 1 N–H and O–H groups in total. The molecule has 110 valence electrons. The number of halogens is 1. The minimum atomic E-state index is -0.539. The first-order valence-electron chi connectivity index (χ1n) is 6.54. The number of amides is 1. The third-order valence-electron chi connectivity index (χ3n) is 2.47. The van der Waals surface area contributed by atoms with Crippen LogP contribution in [0.1, 0.15) is 39.2 Å². The maximum atomic E-state index is 11.6. The highest BCUT2D eigenvalue weighted by Crippen LogP contribution is 2.23. The average molecular weight is 298 g/mol. The van der Waals surface area contributed by atoms with Crippen LogP contribution in [0.2, 0.25) is 5.02 Å². The van der Waals surface area contributed by atoms with Crippen molar-refractivity contribution in [1.29, 1.82) is 0 Å². The number of carbonyl (C=O) groups excluding carboxylic acids is 2. The van der Waals surface area contributed by atoms with E-state index in [-0.39, 0.29) is 0 Å². The lowest BCUT2D eigenvalue weighted by molar-refractivity contribution is -0.107. The van der Waals surface area contributed by atoms with Crippen molar-refractivity contribution in [3.63, 3.8) is 0 Å². The second-order valence-corrected chi connectivity index (χ2v) is 5.90. The largest absolute Gasteiger partial charge is 0.444 e. The van der Waals surface area contributed by atoms with Crippen molar-refractivity contribution in [2.24, 2.45) is 0 Å². The predicted molar refractivity (Wildman–Crippen MR) is 80.3 cm³/mol. The Hall–Kier alpha value is -1.55. The molecule has 1 amide bonds. The average Bonchev–Trinajstić information content (AvgIpc) is 2.29. The molecule has 0 aromatic heterocycles. The summed E-state index contributed by atoms with van der Waals surface area (Å²) in [6.45, 7) is 5.40. The van der Waals surface area contributed by atoms with Crippen LogP contribution in [0.15, 0.2) is 18.2 Å². The first kappa shape index (κ1) is 16.5. The molecule has 0 aliphatic carbocycles. The van der Waals surface area contributed by atoms with Gasteiger partial charge in [0.05, 0.1) is 0 Å². The van der Waals surface area contributed by atoms with Crippen molar-refractivity contribution in [2.75, 3.05) is 5.32 Å².